The number of carboxylic acids is 1. The van der Waals surface area contributed by atoms with Gasteiger partial charge in [-0.25, -0.2) is 0 Å². The van der Waals surface area contributed by atoms with Gasteiger partial charge in [-0.15, -0.1) is 0 Å². The maximum absolute atomic E-state index is 11.5. The second-order valence-electron chi connectivity index (χ2n) is 6.56. The van der Waals surface area contributed by atoms with Crippen molar-refractivity contribution in [2.75, 3.05) is 0 Å². The third-order valence-electron chi connectivity index (χ3n) is 4.59. The van der Waals surface area contributed by atoms with E-state index in [1.807, 2.05) is 0 Å². The Kier molecular flexibility index (Phi) is 14.6. The Morgan fingerprint density at radius 3 is 2.27 bits per heavy atom. The summed E-state index contributed by atoms with van der Waals surface area (Å²) in [6.07, 6.45) is 18.0. The van der Waals surface area contributed by atoms with Crippen molar-refractivity contribution in [1.82, 2.24) is 0 Å². The standard InChI is InChI=1S/C20H38O2/c1-4-7-9-10-11-12-13-14-16-19(20(21)22)17-18(6-3)15-8-5-2/h7,9,18-19H,4-6,8,10-17H2,1-3H3,(H,21,22). The van der Waals surface area contributed by atoms with Crippen molar-refractivity contribution in [2.24, 2.45) is 11.8 Å². The normalized spacial score (nSPS) is 14.3. The van der Waals surface area contributed by atoms with Crippen LogP contribution < -0.4 is 0 Å². The molecule has 0 amide bonds. The van der Waals surface area contributed by atoms with E-state index in [4.69, 9.17) is 0 Å². The first-order valence-corrected chi connectivity index (χ1v) is 9.53. The van der Waals surface area contributed by atoms with Crippen molar-refractivity contribution in [2.45, 2.75) is 97.8 Å². The number of hydrogen-bond donors (Lipinski definition) is 1. The lowest BCUT2D eigenvalue weighted by Crippen LogP contribution is -2.18. The fourth-order valence-corrected chi connectivity index (χ4v) is 3.02. The van der Waals surface area contributed by atoms with Crippen LogP contribution in [0.5, 0.6) is 0 Å². The molecular weight excluding hydrogens is 272 g/mol. The number of hydrogen-bond acceptors (Lipinski definition) is 1. The van der Waals surface area contributed by atoms with E-state index >= 15 is 0 Å². The molecule has 2 atom stereocenters. The predicted molar refractivity (Wildman–Crippen MR) is 96.2 cm³/mol. The topological polar surface area (TPSA) is 37.3 Å². The lowest BCUT2D eigenvalue weighted by molar-refractivity contribution is -0.142. The fraction of sp³-hybridized carbons (Fsp3) is 0.850. The highest BCUT2D eigenvalue weighted by Gasteiger charge is 2.21. The third-order valence-corrected chi connectivity index (χ3v) is 4.59. The molecule has 130 valence electrons. The molecule has 0 aromatic heterocycles. The molecule has 0 spiro atoms. The molecule has 0 saturated heterocycles. The highest BCUT2D eigenvalue weighted by molar-refractivity contribution is 5.69. The van der Waals surface area contributed by atoms with E-state index < -0.39 is 5.97 Å². The van der Waals surface area contributed by atoms with Crippen LogP contribution >= 0.6 is 0 Å². The predicted octanol–water partition coefficient (Wildman–Crippen LogP) is 6.60. The van der Waals surface area contributed by atoms with E-state index in [0.29, 0.717) is 5.92 Å². The summed E-state index contributed by atoms with van der Waals surface area (Å²) in [6.45, 7) is 6.56. The van der Waals surface area contributed by atoms with Gasteiger partial charge in [0, 0.05) is 0 Å². The van der Waals surface area contributed by atoms with Crippen LogP contribution in [0, 0.1) is 11.8 Å². The van der Waals surface area contributed by atoms with E-state index in [0.717, 1.165) is 32.1 Å². The van der Waals surface area contributed by atoms with Crippen LogP contribution in [0.3, 0.4) is 0 Å². The van der Waals surface area contributed by atoms with Crippen LogP contribution in [-0.2, 0) is 4.79 Å². The molecule has 2 heteroatoms. The van der Waals surface area contributed by atoms with Gasteiger partial charge in [0.1, 0.15) is 0 Å². The van der Waals surface area contributed by atoms with Gasteiger partial charge in [0.15, 0.2) is 0 Å². The van der Waals surface area contributed by atoms with Gasteiger partial charge in [-0.05, 0) is 38.0 Å². The van der Waals surface area contributed by atoms with Gasteiger partial charge in [0.25, 0.3) is 0 Å². The van der Waals surface area contributed by atoms with E-state index in [1.54, 1.807) is 0 Å². The molecule has 22 heavy (non-hydrogen) atoms. The number of carboxylic acid groups (broad SMARTS) is 1. The molecule has 0 rings (SSSR count). The molecular formula is C20H38O2. The van der Waals surface area contributed by atoms with Crippen LogP contribution in [0.1, 0.15) is 97.8 Å². The quantitative estimate of drug-likeness (QED) is 0.273. The van der Waals surface area contributed by atoms with Crippen LogP contribution in [0.2, 0.25) is 0 Å². The van der Waals surface area contributed by atoms with Crippen molar-refractivity contribution in [3.8, 4) is 0 Å². The minimum Gasteiger partial charge on any atom is -0.481 e. The van der Waals surface area contributed by atoms with Crippen molar-refractivity contribution < 1.29 is 9.90 Å². The summed E-state index contributed by atoms with van der Waals surface area (Å²) in [5.41, 5.74) is 0. The Bertz CT molecular complexity index is 283. The minimum absolute atomic E-state index is 0.123. The average Bonchev–Trinajstić information content (AvgIpc) is 2.51. The van der Waals surface area contributed by atoms with E-state index in [9.17, 15) is 9.90 Å². The SMILES string of the molecule is CCC=CCCCCCCC(CC(CC)CCCC)C(=O)O. The largest absolute Gasteiger partial charge is 0.481 e. The van der Waals surface area contributed by atoms with Crippen molar-refractivity contribution in [3.63, 3.8) is 0 Å². The summed E-state index contributed by atoms with van der Waals surface area (Å²) >= 11 is 0. The Labute approximate surface area is 138 Å². The molecule has 0 aromatic carbocycles. The number of carbonyl (C=O) groups is 1. The van der Waals surface area contributed by atoms with Gasteiger partial charge in [-0.3, -0.25) is 4.79 Å². The summed E-state index contributed by atoms with van der Waals surface area (Å²) < 4.78 is 0. The second-order valence-corrected chi connectivity index (χ2v) is 6.56. The zero-order valence-corrected chi connectivity index (χ0v) is 15.2. The molecule has 0 heterocycles. The molecule has 2 nitrogen and oxygen atoms in total. The summed E-state index contributed by atoms with van der Waals surface area (Å²) in [6, 6.07) is 0. The van der Waals surface area contributed by atoms with Gasteiger partial charge in [0.2, 0.25) is 0 Å². The Morgan fingerprint density at radius 2 is 1.68 bits per heavy atom. The molecule has 1 N–H and O–H groups in total. The van der Waals surface area contributed by atoms with E-state index in [2.05, 4.69) is 32.9 Å². The molecule has 0 saturated carbocycles. The van der Waals surface area contributed by atoms with Crippen LogP contribution in [0.4, 0.5) is 0 Å². The number of rotatable bonds is 15. The van der Waals surface area contributed by atoms with Crippen LogP contribution in [0.25, 0.3) is 0 Å². The minimum atomic E-state index is -0.583. The molecule has 0 aromatic rings. The Morgan fingerprint density at radius 1 is 0.955 bits per heavy atom. The molecule has 0 radical (unpaired) electrons. The molecule has 0 bridgehead atoms. The molecule has 0 aliphatic heterocycles. The maximum Gasteiger partial charge on any atom is 0.306 e. The maximum atomic E-state index is 11.5. The zero-order chi connectivity index (χ0) is 16.6. The van der Waals surface area contributed by atoms with E-state index in [-0.39, 0.29) is 5.92 Å². The molecule has 0 aliphatic rings. The fourth-order valence-electron chi connectivity index (χ4n) is 3.02. The lowest BCUT2D eigenvalue weighted by atomic mass is 9.86. The second kappa shape index (κ2) is 15.1. The average molecular weight is 311 g/mol. The monoisotopic (exact) mass is 310 g/mol. The molecule has 2 unspecified atom stereocenters. The van der Waals surface area contributed by atoms with Gasteiger partial charge < -0.3 is 5.11 Å². The van der Waals surface area contributed by atoms with Crippen LogP contribution in [0.15, 0.2) is 12.2 Å². The molecule has 0 aliphatic carbocycles. The van der Waals surface area contributed by atoms with Gasteiger partial charge >= 0.3 is 5.97 Å². The Hall–Kier alpha value is -0.790. The molecule has 0 fully saturated rings. The summed E-state index contributed by atoms with van der Waals surface area (Å²) in [7, 11) is 0. The summed E-state index contributed by atoms with van der Waals surface area (Å²) in [4.78, 5) is 11.5. The first-order valence-electron chi connectivity index (χ1n) is 9.53. The van der Waals surface area contributed by atoms with E-state index in [1.165, 1.54) is 44.9 Å². The van der Waals surface area contributed by atoms with Gasteiger partial charge in [0.05, 0.1) is 5.92 Å². The smallest absolute Gasteiger partial charge is 0.306 e. The highest BCUT2D eigenvalue weighted by Crippen LogP contribution is 2.25. The highest BCUT2D eigenvalue weighted by atomic mass is 16.4. The number of aliphatic carboxylic acids is 1. The van der Waals surface area contributed by atoms with Crippen molar-refractivity contribution >= 4 is 5.97 Å². The van der Waals surface area contributed by atoms with Gasteiger partial charge in [-0.2, -0.15) is 0 Å². The Balaban J connectivity index is 3.89. The number of unbranched alkanes of at least 4 members (excludes halogenated alkanes) is 5. The number of allylic oxidation sites excluding steroid dienone is 2. The third kappa shape index (κ3) is 11.8. The zero-order valence-electron chi connectivity index (χ0n) is 15.2. The summed E-state index contributed by atoms with van der Waals surface area (Å²) in [5, 5.41) is 9.43. The lowest BCUT2D eigenvalue weighted by Gasteiger charge is -2.19. The van der Waals surface area contributed by atoms with Crippen molar-refractivity contribution in [3.05, 3.63) is 12.2 Å². The first-order chi connectivity index (χ1) is 10.7. The first kappa shape index (κ1) is 21.2. The van der Waals surface area contributed by atoms with Crippen molar-refractivity contribution in [1.29, 1.82) is 0 Å². The summed E-state index contributed by atoms with van der Waals surface area (Å²) in [5.74, 6) is -0.108. The van der Waals surface area contributed by atoms with Crippen LogP contribution in [-0.4, -0.2) is 11.1 Å². The van der Waals surface area contributed by atoms with Gasteiger partial charge in [-0.1, -0.05) is 77.9 Å².